The summed E-state index contributed by atoms with van der Waals surface area (Å²) in [7, 11) is 0. The first-order valence-electron chi connectivity index (χ1n) is 5.85. The maximum Gasteiger partial charge on any atom is 0.255 e. The zero-order chi connectivity index (χ0) is 14.0. The molecule has 0 spiro atoms. The van der Waals surface area contributed by atoms with E-state index in [-0.39, 0.29) is 11.7 Å². The Hall–Kier alpha value is -2.00. The van der Waals surface area contributed by atoms with Crippen molar-refractivity contribution >= 4 is 23.2 Å². The zero-order valence-electron chi connectivity index (χ0n) is 10.7. The monoisotopic (exact) mass is 275 g/mol. The molecule has 2 aromatic carbocycles. The molecule has 1 amide bonds. The molecule has 0 fully saturated rings. The molecule has 2 rings (SSSR count). The third kappa shape index (κ3) is 2.88. The molecule has 0 radical (unpaired) electrons. The number of nitrogens with one attached hydrogen (secondary N) is 1. The van der Waals surface area contributed by atoms with Crippen molar-refractivity contribution in [3.8, 4) is 5.75 Å². The zero-order valence-corrected chi connectivity index (χ0v) is 11.5. The van der Waals surface area contributed by atoms with Crippen molar-refractivity contribution in [2.75, 3.05) is 5.32 Å². The van der Waals surface area contributed by atoms with Gasteiger partial charge in [0.2, 0.25) is 0 Å². The van der Waals surface area contributed by atoms with E-state index >= 15 is 0 Å². The quantitative estimate of drug-likeness (QED) is 0.873. The minimum absolute atomic E-state index is 0.142. The summed E-state index contributed by atoms with van der Waals surface area (Å²) >= 11 is 6.07. The Bertz CT molecular complexity index is 618. The molecule has 0 unspecified atom stereocenters. The first kappa shape index (κ1) is 13.4. The normalized spacial score (nSPS) is 10.3. The number of aryl methyl sites for hydroxylation is 2. The third-order valence-electron chi connectivity index (χ3n) is 2.92. The van der Waals surface area contributed by atoms with Gasteiger partial charge in [-0.3, -0.25) is 4.79 Å². The largest absolute Gasteiger partial charge is 0.508 e. The van der Waals surface area contributed by atoms with Crippen LogP contribution in [0, 0.1) is 13.8 Å². The predicted molar refractivity (Wildman–Crippen MR) is 77.0 cm³/mol. The van der Waals surface area contributed by atoms with Gasteiger partial charge >= 0.3 is 0 Å². The molecule has 0 aliphatic carbocycles. The highest BCUT2D eigenvalue weighted by Gasteiger charge is 2.12. The number of benzene rings is 2. The lowest BCUT2D eigenvalue weighted by Gasteiger charge is -2.11. The number of halogens is 1. The standard InChI is InChI=1S/C15H14ClNO2/c1-9-4-3-5-13(16)14(9)17-15(19)12-7-6-11(18)8-10(12)2/h3-8,18H,1-2H3,(H,17,19). The van der Waals surface area contributed by atoms with Crippen LogP contribution in [0.4, 0.5) is 5.69 Å². The van der Waals surface area contributed by atoms with Gasteiger partial charge in [0.05, 0.1) is 10.7 Å². The van der Waals surface area contributed by atoms with E-state index in [2.05, 4.69) is 5.32 Å². The number of phenols is 1. The van der Waals surface area contributed by atoms with Gasteiger partial charge in [0, 0.05) is 5.56 Å². The fourth-order valence-electron chi connectivity index (χ4n) is 1.87. The summed E-state index contributed by atoms with van der Waals surface area (Å²) in [5.74, 6) is -0.100. The van der Waals surface area contributed by atoms with Crippen LogP contribution in [-0.2, 0) is 0 Å². The summed E-state index contributed by atoms with van der Waals surface area (Å²) in [6, 6.07) is 10.1. The van der Waals surface area contributed by atoms with E-state index in [1.807, 2.05) is 19.1 Å². The summed E-state index contributed by atoms with van der Waals surface area (Å²) < 4.78 is 0. The van der Waals surface area contributed by atoms with Gasteiger partial charge in [-0.25, -0.2) is 0 Å². The molecule has 0 bridgehead atoms. The summed E-state index contributed by atoms with van der Waals surface area (Å²) in [6.45, 7) is 3.65. The number of phenolic OH excluding ortho intramolecular Hbond substituents is 1. The van der Waals surface area contributed by atoms with E-state index in [0.29, 0.717) is 21.8 Å². The maximum atomic E-state index is 12.2. The number of rotatable bonds is 2. The molecule has 19 heavy (non-hydrogen) atoms. The average molecular weight is 276 g/mol. The van der Waals surface area contributed by atoms with Crippen LogP contribution in [0.5, 0.6) is 5.75 Å². The SMILES string of the molecule is Cc1cc(O)ccc1C(=O)Nc1c(C)cccc1Cl. The van der Waals surface area contributed by atoms with E-state index in [9.17, 15) is 9.90 Å². The van der Waals surface area contributed by atoms with Crippen LogP contribution in [-0.4, -0.2) is 11.0 Å². The molecule has 0 aliphatic heterocycles. The van der Waals surface area contributed by atoms with E-state index < -0.39 is 0 Å². The van der Waals surface area contributed by atoms with Gasteiger partial charge in [0.1, 0.15) is 5.75 Å². The highest BCUT2D eigenvalue weighted by molar-refractivity contribution is 6.34. The van der Waals surface area contributed by atoms with Gasteiger partial charge in [0.25, 0.3) is 5.91 Å². The average Bonchev–Trinajstić information content (AvgIpc) is 2.33. The van der Waals surface area contributed by atoms with E-state index in [4.69, 9.17) is 11.6 Å². The Kier molecular flexibility index (Phi) is 3.76. The summed E-state index contributed by atoms with van der Waals surface area (Å²) in [5.41, 5.74) is 2.73. The Morgan fingerprint density at radius 1 is 1.16 bits per heavy atom. The molecular weight excluding hydrogens is 262 g/mol. The number of para-hydroxylation sites is 1. The molecule has 0 saturated heterocycles. The molecule has 98 valence electrons. The first-order chi connectivity index (χ1) is 8.99. The molecule has 0 saturated carbocycles. The van der Waals surface area contributed by atoms with E-state index in [0.717, 1.165) is 5.56 Å². The van der Waals surface area contributed by atoms with Crippen molar-refractivity contribution < 1.29 is 9.90 Å². The van der Waals surface area contributed by atoms with E-state index in [1.54, 1.807) is 25.1 Å². The molecular formula is C15H14ClNO2. The highest BCUT2D eigenvalue weighted by Crippen LogP contribution is 2.26. The molecule has 2 aromatic rings. The molecule has 2 N–H and O–H groups in total. The van der Waals surface area contributed by atoms with Crippen molar-refractivity contribution in [2.24, 2.45) is 0 Å². The van der Waals surface area contributed by atoms with E-state index in [1.165, 1.54) is 6.07 Å². The van der Waals surface area contributed by atoms with Gasteiger partial charge in [-0.05, 0) is 49.2 Å². The smallest absolute Gasteiger partial charge is 0.255 e. The second-order valence-corrected chi connectivity index (χ2v) is 4.79. The molecule has 4 heteroatoms. The maximum absolute atomic E-state index is 12.2. The topological polar surface area (TPSA) is 49.3 Å². The van der Waals surface area contributed by atoms with Crippen LogP contribution in [0.2, 0.25) is 5.02 Å². The minimum Gasteiger partial charge on any atom is -0.508 e. The lowest BCUT2D eigenvalue weighted by molar-refractivity contribution is 0.102. The molecule has 0 aromatic heterocycles. The van der Waals surface area contributed by atoms with Crippen molar-refractivity contribution in [1.29, 1.82) is 0 Å². The van der Waals surface area contributed by atoms with Crippen LogP contribution in [0.15, 0.2) is 36.4 Å². The van der Waals surface area contributed by atoms with Crippen molar-refractivity contribution in [3.05, 3.63) is 58.1 Å². The van der Waals surface area contributed by atoms with Crippen molar-refractivity contribution in [2.45, 2.75) is 13.8 Å². The number of carbonyl (C=O) groups excluding carboxylic acids is 1. The van der Waals surface area contributed by atoms with Gasteiger partial charge in [-0.2, -0.15) is 0 Å². The number of carbonyl (C=O) groups is 1. The fourth-order valence-corrected chi connectivity index (χ4v) is 2.14. The summed E-state index contributed by atoms with van der Waals surface area (Å²) in [5, 5.41) is 12.7. The van der Waals surface area contributed by atoms with Gasteiger partial charge in [-0.15, -0.1) is 0 Å². The number of hydrogen-bond acceptors (Lipinski definition) is 2. The molecule has 0 heterocycles. The minimum atomic E-state index is -0.242. The van der Waals surface area contributed by atoms with Crippen molar-refractivity contribution in [1.82, 2.24) is 0 Å². The van der Waals surface area contributed by atoms with Crippen molar-refractivity contribution in [3.63, 3.8) is 0 Å². The van der Waals surface area contributed by atoms with Crippen LogP contribution in [0.3, 0.4) is 0 Å². The molecule has 0 atom stereocenters. The van der Waals surface area contributed by atoms with Gasteiger partial charge in [0.15, 0.2) is 0 Å². The Morgan fingerprint density at radius 2 is 1.89 bits per heavy atom. The number of aromatic hydroxyl groups is 1. The number of anilines is 1. The summed E-state index contributed by atoms with van der Waals surface area (Å²) in [4.78, 5) is 12.2. The predicted octanol–water partition coefficient (Wildman–Crippen LogP) is 3.91. The van der Waals surface area contributed by atoms with Crippen LogP contribution in [0.1, 0.15) is 21.5 Å². The second-order valence-electron chi connectivity index (χ2n) is 4.39. The molecule has 0 aliphatic rings. The lowest BCUT2D eigenvalue weighted by atomic mass is 10.1. The lowest BCUT2D eigenvalue weighted by Crippen LogP contribution is -2.14. The number of amides is 1. The summed E-state index contributed by atoms with van der Waals surface area (Å²) in [6.07, 6.45) is 0. The Morgan fingerprint density at radius 3 is 2.53 bits per heavy atom. The van der Waals surface area contributed by atoms with Crippen LogP contribution < -0.4 is 5.32 Å². The van der Waals surface area contributed by atoms with Gasteiger partial charge in [-0.1, -0.05) is 23.7 Å². The Labute approximate surface area is 116 Å². The number of hydrogen-bond donors (Lipinski definition) is 2. The fraction of sp³-hybridized carbons (Fsp3) is 0.133. The van der Waals surface area contributed by atoms with Crippen LogP contribution in [0.25, 0.3) is 0 Å². The highest BCUT2D eigenvalue weighted by atomic mass is 35.5. The Balaban J connectivity index is 2.31. The second kappa shape index (κ2) is 5.33. The molecule has 3 nitrogen and oxygen atoms in total. The van der Waals surface area contributed by atoms with Gasteiger partial charge < -0.3 is 10.4 Å². The third-order valence-corrected chi connectivity index (χ3v) is 3.23. The van der Waals surface area contributed by atoms with Crippen LogP contribution >= 0.6 is 11.6 Å². The first-order valence-corrected chi connectivity index (χ1v) is 6.23.